The Kier molecular flexibility index (Phi) is 5.07. The van der Waals surface area contributed by atoms with E-state index in [4.69, 9.17) is 0 Å². The van der Waals surface area contributed by atoms with Crippen LogP contribution in [0.5, 0.6) is 0 Å². The predicted molar refractivity (Wildman–Crippen MR) is 112 cm³/mol. The molecule has 4 rings (SSSR count). The number of aromatic nitrogens is 2. The molecule has 30 heavy (non-hydrogen) atoms. The topological polar surface area (TPSA) is 109 Å². The molecule has 0 unspecified atom stereocenters. The molecule has 2 heterocycles. The summed E-state index contributed by atoms with van der Waals surface area (Å²) in [5.74, 6) is -0.271. The van der Waals surface area contributed by atoms with E-state index in [1.54, 1.807) is 11.0 Å². The quantitative estimate of drug-likeness (QED) is 0.402. The number of H-pyrrole nitrogens is 1. The highest BCUT2D eigenvalue weighted by Crippen LogP contribution is 2.27. The molecule has 0 saturated carbocycles. The van der Waals surface area contributed by atoms with Crippen LogP contribution in [0.15, 0.2) is 36.4 Å². The number of hydrogen-bond acceptors (Lipinski definition) is 5. The smallest absolute Gasteiger partial charge is 0.274 e. The molecular formula is C22H22N4O4. The first kappa shape index (κ1) is 19.8. The van der Waals surface area contributed by atoms with E-state index in [0.29, 0.717) is 36.8 Å². The van der Waals surface area contributed by atoms with Crippen LogP contribution in [0.3, 0.4) is 0 Å². The average Bonchev–Trinajstić information content (AvgIpc) is 3.16. The molecule has 1 saturated heterocycles. The number of ketones is 1. The van der Waals surface area contributed by atoms with Crippen molar-refractivity contribution in [2.75, 3.05) is 13.1 Å². The Labute approximate surface area is 173 Å². The van der Waals surface area contributed by atoms with Crippen LogP contribution in [0.25, 0.3) is 10.9 Å². The van der Waals surface area contributed by atoms with Gasteiger partial charge in [-0.15, -0.1) is 0 Å². The van der Waals surface area contributed by atoms with Gasteiger partial charge in [0.25, 0.3) is 11.6 Å². The number of non-ortho nitro benzene ring substituents is 1. The molecule has 1 fully saturated rings. The number of nitrogens with one attached hydrogen (secondary N) is 1. The van der Waals surface area contributed by atoms with Crippen LogP contribution in [0.4, 0.5) is 5.69 Å². The highest BCUT2D eigenvalue weighted by molar-refractivity contribution is 6.05. The third-order valence-corrected chi connectivity index (χ3v) is 5.76. The number of amides is 1. The number of fused-ring (bicyclic) bond motifs is 1. The van der Waals surface area contributed by atoms with E-state index in [2.05, 4.69) is 10.2 Å². The number of nitrogens with zero attached hydrogens (tertiary/aromatic N) is 3. The fourth-order valence-corrected chi connectivity index (χ4v) is 4.08. The normalized spacial score (nSPS) is 14.8. The third-order valence-electron chi connectivity index (χ3n) is 5.76. The van der Waals surface area contributed by atoms with Crippen LogP contribution in [-0.4, -0.2) is 44.8 Å². The summed E-state index contributed by atoms with van der Waals surface area (Å²) in [5.41, 5.74) is 3.50. The fourth-order valence-electron chi connectivity index (χ4n) is 4.08. The third kappa shape index (κ3) is 3.56. The maximum atomic E-state index is 13.0. The van der Waals surface area contributed by atoms with Crippen molar-refractivity contribution in [3.05, 3.63) is 68.9 Å². The van der Waals surface area contributed by atoms with Crippen molar-refractivity contribution < 1.29 is 14.5 Å². The first-order valence-corrected chi connectivity index (χ1v) is 9.88. The Morgan fingerprint density at radius 2 is 1.87 bits per heavy atom. The Morgan fingerprint density at radius 3 is 2.53 bits per heavy atom. The highest BCUT2D eigenvalue weighted by Gasteiger charge is 2.30. The molecule has 0 aliphatic carbocycles. The molecule has 1 amide bonds. The minimum atomic E-state index is -0.495. The molecule has 1 aliphatic heterocycles. The van der Waals surface area contributed by atoms with Crippen molar-refractivity contribution in [2.45, 2.75) is 26.7 Å². The molecule has 154 valence electrons. The van der Waals surface area contributed by atoms with E-state index in [0.717, 1.165) is 16.7 Å². The maximum Gasteiger partial charge on any atom is 0.274 e. The second-order valence-corrected chi connectivity index (χ2v) is 7.81. The van der Waals surface area contributed by atoms with Crippen LogP contribution >= 0.6 is 0 Å². The number of likely N-dealkylation sites (tertiary alicyclic amines) is 1. The first-order chi connectivity index (χ1) is 14.3. The van der Waals surface area contributed by atoms with E-state index in [-0.39, 0.29) is 29.0 Å². The van der Waals surface area contributed by atoms with Crippen molar-refractivity contribution >= 4 is 28.3 Å². The van der Waals surface area contributed by atoms with E-state index >= 15 is 0 Å². The minimum absolute atomic E-state index is 0.0873. The van der Waals surface area contributed by atoms with Crippen molar-refractivity contribution in [2.24, 2.45) is 5.92 Å². The average molecular weight is 406 g/mol. The lowest BCUT2D eigenvalue weighted by Crippen LogP contribution is -2.40. The van der Waals surface area contributed by atoms with Crippen molar-refractivity contribution in [1.29, 1.82) is 0 Å². The van der Waals surface area contributed by atoms with Crippen molar-refractivity contribution in [1.82, 2.24) is 15.1 Å². The molecule has 1 aromatic heterocycles. The SMILES string of the molecule is Cc1ccc(C(=O)C2CCN(C(=O)c3n[nH]c4ccc([N+](=O)[O-])cc34)CC2)c(C)c1. The molecule has 0 spiro atoms. The van der Waals surface area contributed by atoms with Gasteiger partial charge in [0, 0.05) is 42.1 Å². The van der Waals surface area contributed by atoms with Gasteiger partial charge in [0.05, 0.1) is 10.4 Å². The van der Waals surface area contributed by atoms with Crippen LogP contribution in [-0.2, 0) is 0 Å². The number of rotatable bonds is 4. The molecule has 3 aromatic rings. The highest BCUT2D eigenvalue weighted by atomic mass is 16.6. The Hall–Kier alpha value is -3.55. The number of aromatic amines is 1. The molecular weight excluding hydrogens is 384 g/mol. The number of hydrogen-bond donors (Lipinski definition) is 1. The van der Waals surface area contributed by atoms with Gasteiger partial charge in [0.1, 0.15) is 0 Å². The van der Waals surface area contributed by atoms with E-state index in [1.165, 1.54) is 12.1 Å². The van der Waals surface area contributed by atoms with E-state index in [9.17, 15) is 19.7 Å². The van der Waals surface area contributed by atoms with Gasteiger partial charge in [-0.2, -0.15) is 5.10 Å². The molecule has 2 aromatic carbocycles. The van der Waals surface area contributed by atoms with Gasteiger partial charge in [-0.3, -0.25) is 24.8 Å². The molecule has 1 N–H and O–H groups in total. The number of Topliss-reactive ketones (excluding diaryl/α,β-unsaturated/α-hetero) is 1. The van der Waals surface area contributed by atoms with Crippen molar-refractivity contribution in [3.8, 4) is 0 Å². The van der Waals surface area contributed by atoms with Gasteiger partial charge in [-0.1, -0.05) is 23.8 Å². The van der Waals surface area contributed by atoms with Gasteiger partial charge in [-0.05, 0) is 38.3 Å². The summed E-state index contributed by atoms with van der Waals surface area (Å²) in [7, 11) is 0. The number of carbonyl (C=O) groups is 2. The molecule has 0 bridgehead atoms. The summed E-state index contributed by atoms with van der Waals surface area (Å²) < 4.78 is 0. The monoisotopic (exact) mass is 406 g/mol. The van der Waals surface area contributed by atoms with Crippen LogP contribution in [0.1, 0.15) is 44.8 Å². The minimum Gasteiger partial charge on any atom is -0.337 e. The number of nitro groups is 1. The zero-order valence-corrected chi connectivity index (χ0v) is 16.8. The summed E-state index contributed by atoms with van der Waals surface area (Å²) in [5, 5.41) is 18.3. The largest absolute Gasteiger partial charge is 0.337 e. The van der Waals surface area contributed by atoms with Gasteiger partial charge in [0.15, 0.2) is 11.5 Å². The zero-order valence-electron chi connectivity index (χ0n) is 16.8. The van der Waals surface area contributed by atoms with E-state index < -0.39 is 4.92 Å². The first-order valence-electron chi connectivity index (χ1n) is 9.88. The number of nitro benzene ring substituents is 1. The lowest BCUT2D eigenvalue weighted by molar-refractivity contribution is -0.384. The fraction of sp³-hybridized carbons (Fsp3) is 0.318. The van der Waals surface area contributed by atoms with Gasteiger partial charge < -0.3 is 4.90 Å². The summed E-state index contributed by atoms with van der Waals surface area (Å²) >= 11 is 0. The molecule has 8 heteroatoms. The van der Waals surface area contributed by atoms with E-state index in [1.807, 2.05) is 32.0 Å². The lowest BCUT2D eigenvalue weighted by atomic mass is 9.87. The van der Waals surface area contributed by atoms with Crippen molar-refractivity contribution in [3.63, 3.8) is 0 Å². The number of carbonyl (C=O) groups excluding carboxylic acids is 2. The summed E-state index contributed by atoms with van der Waals surface area (Å²) in [4.78, 5) is 38.1. The van der Waals surface area contributed by atoms with Crippen LogP contribution in [0.2, 0.25) is 0 Å². The molecule has 0 atom stereocenters. The van der Waals surface area contributed by atoms with Gasteiger partial charge >= 0.3 is 0 Å². The molecule has 0 radical (unpaired) electrons. The number of benzene rings is 2. The number of piperidine rings is 1. The van der Waals surface area contributed by atoms with Gasteiger partial charge in [0.2, 0.25) is 0 Å². The second-order valence-electron chi connectivity index (χ2n) is 7.81. The van der Waals surface area contributed by atoms with Crippen LogP contribution < -0.4 is 0 Å². The van der Waals surface area contributed by atoms with Crippen LogP contribution in [0, 0.1) is 29.9 Å². The Balaban J connectivity index is 1.48. The summed E-state index contributed by atoms with van der Waals surface area (Å²) in [6.07, 6.45) is 1.17. The Bertz CT molecular complexity index is 1160. The zero-order chi connectivity index (χ0) is 21.4. The molecule has 8 nitrogen and oxygen atoms in total. The van der Waals surface area contributed by atoms with Gasteiger partial charge in [-0.25, -0.2) is 0 Å². The summed E-state index contributed by atoms with van der Waals surface area (Å²) in [6.45, 7) is 4.84. The predicted octanol–water partition coefficient (Wildman–Crippen LogP) is 3.82. The number of aryl methyl sites for hydroxylation is 2. The maximum absolute atomic E-state index is 13.0. The second kappa shape index (κ2) is 7.70. The summed E-state index contributed by atoms with van der Waals surface area (Å²) in [6, 6.07) is 10.1. The molecule has 1 aliphatic rings. The lowest BCUT2D eigenvalue weighted by Gasteiger charge is -2.31. The standard InChI is InChI=1S/C22H22N4O4/c1-13-3-5-17(14(2)11-13)21(27)15-7-9-25(10-8-15)22(28)20-18-12-16(26(29)30)4-6-19(18)23-24-20/h3-6,11-12,15H,7-10H2,1-2H3,(H,23,24). The Morgan fingerprint density at radius 1 is 1.13 bits per heavy atom.